The van der Waals surface area contributed by atoms with Gasteiger partial charge in [0.05, 0.1) is 23.9 Å². The summed E-state index contributed by atoms with van der Waals surface area (Å²) in [5, 5.41) is 3.16. The number of carbonyl (C=O) groups is 2. The van der Waals surface area contributed by atoms with Crippen LogP contribution in [0.2, 0.25) is 0 Å². The fourth-order valence-corrected chi connectivity index (χ4v) is 2.57. The van der Waals surface area contributed by atoms with E-state index < -0.39 is 12.0 Å². The quantitative estimate of drug-likeness (QED) is 0.632. The third-order valence-electron chi connectivity index (χ3n) is 3.71. The topological polar surface area (TPSA) is 71.2 Å². The number of nitrogens with one attached hydrogen (secondary N) is 2. The molecule has 0 aliphatic carbocycles. The van der Waals surface area contributed by atoms with Gasteiger partial charge in [-0.15, -0.1) is 0 Å². The first-order valence-corrected chi connectivity index (χ1v) is 7.67. The van der Waals surface area contributed by atoms with E-state index in [0.717, 1.165) is 5.69 Å². The van der Waals surface area contributed by atoms with E-state index in [2.05, 4.69) is 10.3 Å². The van der Waals surface area contributed by atoms with Crippen molar-refractivity contribution in [3.05, 3.63) is 52.8 Å². The third kappa shape index (κ3) is 3.62. The Bertz CT molecular complexity index is 705. The number of aromatic amines is 1. The first kappa shape index (κ1) is 16.8. The van der Waals surface area contributed by atoms with Crippen LogP contribution in [0.5, 0.6) is 0 Å². The van der Waals surface area contributed by atoms with Gasteiger partial charge in [-0.05, 0) is 45.4 Å². The number of esters is 1. The summed E-state index contributed by atoms with van der Waals surface area (Å²) in [5.41, 5.74) is 3.05. The molecule has 5 heteroatoms. The number of anilines is 1. The number of aromatic nitrogens is 1. The number of rotatable bonds is 6. The number of carbonyl (C=O) groups excluding carboxylic acids is 2. The van der Waals surface area contributed by atoms with Crippen LogP contribution in [-0.4, -0.2) is 29.4 Å². The zero-order chi connectivity index (χ0) is 17.0. The number of aryl methyl sites for hydroxylation is 1. The normalized spacial score (nSPS) is 11.8. The minimum atomic E-state index is -0.413. The van der Waals surface area contributed by atoms with Crippen LogP contribution in [0.1, 0.15) is 46.0 Å². The maximum absolute atomic E-state index is 12.7. The number of ketones is 1. The van der Waals surface area contributed by atoms with E-state index in [-0.39, 0.29) is 5.78 Å². The molecule has 0 saturated heterocycles. The molecule has 1 atom stereocenters. The highest BCUT2D eigenvalue weighted by atomic mass is 16.5. The van der Waals surface area contributed by atoms with E-state index in [0.29, 0.717) is 29.1 Å². The average molecular weight is 314 g/mol. The van der Waals surface area contributed by atoms with Gasteiger partial charge in [0.25, 0.3) is 0 Å². The van der Waals surface area contributed by atoms with Gasteiger partial charge in [-0.3, -0.25) is 4.79 Å². The van der Waals surface area contributed by atoms with Crippen molar-refractivity contribution in [1.82, 2.24) is 4.98 Å². The van der Waals surface area contributed by atoms with Crippen molar-refractivity contribution in [1.29, 1.82) is 0 Å². The molecule has 122 valence electrons. The van der Waals surface area contributed by atoms with Crippen LogP contribution in [0.3, 0.4) is 0 Å². The number of para-hydroxylation sites is 1. The molecule has 0 radical (unpaired) electrons. The lowest BCUT2D eigenvalue weighted by Crippen LogP contribution is -2.27. The van der Waals surface area contributed by atoms with Crippen molar-refractivity contribution in [2.45, 2.75) is 33.7 Å². The first-order chi connectivity index (χ1) is 11.0. The fraction of sp³-hybridized carbons (Fsp3) is 0.333. The van der Waals surface area contributed by atoms with Gasteiger partial charge in [0.2, 0.25) is 5.78 Å². The number of hydrogen-bond acceptors (Lipinski definition) is 4. The fourth-order valence-electron chi connectivity index (χ4n) is 2.57. The zero-order valence-corrected chi connectivity index (χ0v) is 13.9. The van der Waals surface area contributed by atoms with Crippen molar-refractivity contribution in [2.24, 2.45) is 0 Å². The van der Waals surface area contributed by atoms with Gasteiger partial charge in [0.15, 0.2) is 0 Å². The molecular weight excluding hydrogens is 292 g/mol. The second-order valence-corrected chi connectivity index (χ2v) is 5.44. The lowest BCUT2D eigenvalue weighted by molar-refractivity contribution is 0.0525. The second-order valence-electron chi connectivity index (χ2n) is 5.44. The van der Waals surface area contributed by atoms with E-state index in [9.17, 15) is 9.59 Å². The van der Waals surface area contributed by atoms with Crippen LogP contribution in [0, 0.1) is 13.8 Å². The highest BCUT2D eigenvalue weighted by Gasteiger charge is 2.25. The van der Waals surface area contributed by atoms with E-state index in [1.807, 2.05) is 30.3 Å². The number of ether oxygens (including phenoxy) is 1. The summed E-state index contributed by atoms with van der Waals surface area (Å²) < 4.78 is 5.05. The molecule has 0 aliphatic heterocycles. The van der Waals surface area contributed by atoms with Crippen LogP contribution in [-0.2, 0) is 4.74 Å². The lowest BCUT2D eigenvalue weighted by atomic mass is 10.0. The minimum absolute atomic E-state index is 0.0926. The molecule has 0 unspecified atom stereocenters. The molecule has 0 aliphatic rings. The average Bonchev–Trinajstić information content (AvgIpc) is 2.82. The summed E-state index contributed by atoms with van der Waals surface area (Å²) in [4.78, 5) is 27.7. The molecular formula is C18H22N2O3. The third-order valence-corrected chi connectivity index (χ3v) is 3.71. The summed E-state index contributed by atoms with van der Waals surface area (Å²) in [6, 6.07) is 9.12. The molecule has 23 heavy (non-hydrogen) atoms. The highest BCUT2D eigenvalue weighted by Crippen LogP contribution is 2.21. The van der Waals surface area contributed by atoms with Gasteiger partial charge in [0.1, 0.15) is 0 Å². The predicted octanol–water partition coefficient (Wildman–Crippen LogP) is 3.49. The zero-order valence-electron chi connectivity index (χ0n) is 13.9. The summed E-state index contributed by atoms with van der Waals surface area (Å²) in [7, 11) is 0. The molecule has 0 bridgehead atoms. The Balaban J connectivity index is 2.22. The molecule has 1 aromatic heterocycles. The van der Waals surface area contributed by atoms with Gasteiger partial charge in [-0.2, -0.15) is 0 Å². The van der Waals surface area contributed by atoms with E-state index in [4.69, 9.17) is 4.74 Å². The monoisotopic (exact) mass is 314 g/mol. The number of hydrogen-bond donors (Lipinski definition) is 2. The maximum atomic E-state index is 12.7. The van der Waals surface area contributed by atoms with Gasteiger partial charge >= 0.3 is 5.97 Å². The minimum Gasteiger partial charge on any atom is -0.462 e. The Hall–Kier alpha value is -2.56. The second kappa shape index (κ2) is 7.13. The van der Waals surface area contributed by atoms with Crippen molar-refractivity contribution >= 4 is 17.4 Å². The molecule has 0 saturated carbocycles. The summed E-state index contributed by atoms with van der Waals surface area (Å²) in [6.07, 6.45) is 0. The summed E-state index contributed by atoms with van der Waals surface area (Å²) in [5.74, 6) is -0.494. The van der Waals surface area contributed by atoms with Crippen LogP contribution < -0.4 is 5.32 Å². The Morgan fingerprint density at radius 3 is 2.48 bits per heavy atom. The summed E-state index contributed by atoms with van der Waals surface area (Å²) in [6.45, 7) is 7.39. The molecule has 1 heterocycles. The lowest BCUT2D eigenvalue weighted by Gasteiger charge is -2.14. The Labute approximate surface area is 136 Å². The van der Waals surface area contributed by atoms with Crippen molar-refractivity contribution in [3.63, 3.8) is 0 Å². The molecule has 0 amide bonds. The van der Waals surface area contributed by atoms with Crippen LogP contribution in [0.4, 0.5) is 5.69 Å². The number of benzene rings is 1. The van der Waals surface area contributed by atoms with Crippen molar-refractivity contribution in [2.75, 3.05) is 11.9 Å². The molecule has 5 nitrogen and oxygen atoms in total. The standard InChI is InChI=1S/C18H22N2O3/c1-5-23-18(22)15-11(2)16(20-12(15)3)17(21)13(4)19-14-9-7-6-8-10-14/h6-10,13,19-20H,5H2,1-4H3/t13-/m0/s1. The first-order valence-electron chi connectivity index (χ1n) is 7.67. The predicted molar refractivity (Wildman–Crippen MR) is 90.1 cm³/mol. The number of H-pyrrole nitrogens is 1. The Kier molecular flexibility index (Phi) is 5.21. The molecule has 0 spiro atoms. The van der Waals surface area contributed by atoms with Gasteiger partial charge in [-0.1, -0.05) is 18.2 Å². The molecule has 0 fully saturated rings. The Morgan fingerprint density at radius 2 is 1.87 bits per heavy atom. The van der Waals surface area contributed by atoms with E-state index in [1.165, 1.54) is 0 Å². The van der Waals surface area contributed by atoms with Crippen LogP contribution in [0.25, 0.3) is 0 Å². The van der Waals surface area contributed by atoms with Crippen LogP contribution in [0.15, 0.2) is 30.3 Å². The largest absolute Gasteiger partial charge is 0.462 e. The van der Waals surface area contributed by atoms with E-state index in [1.54, 1.807) is 27.7 Å². The number of Topliss-reactive ketones (excluding diaryl/α,β-unsaturated/α-hetero) is 1. The molecule has 2 aromatic rings. The molecule has 1 aromatic carbocycles. The summed E-state index contributed by atoms with van der Waals surface area (Å²) >= 11 is 0. The van der Waals surface area contributed by atoms with Crippen LogP contribution >= 0.6 is 0 Å². The smallest absolute Gasteiger partial charge is 0.340 e. The SMILES string of the molecule is CCOC(=O)c1c(C)[nH]c(C(=O)[C@H](C)Nc2ccccc2)c1C. The van der Waals surface area contributed by atoms with Crippen molar-refractivity contribution < 1.29 is 14.3 Å². The van der Waals surface area contributed by atoms with Gasteiger partial charge in [0, 0.05) is 11.4 Å². The molecule has 2 N–H and O–H groups in total. The highest BCUT2D eigenvalue weighted by molar-refractivity contribution is 6.04. The van der Waals surface area contributed by atoms with E-state index >= 15 is 0 Å². The van der Waals surface area contributed by atoms with Gasteiger partial charge < -0.3 is 15.0 Å². The van der Waals surface area contributed by atoms with Crippen molar-refractivity contribution in [3.8, 4) is 0 Å². The Morgan fingerprint density at radius 1 is 1.22 bits per heavy atom. The maximum Gasteiger partial charge on any atom is 0.340 e. The van der Waals surface area contributed by atoms with Gasteiger partial charge in [-0.25, -0.2) is 4.79 Å². The molecule has 2 rings (SSSR count).